The van der Waals surface area contributed by atoms with E-state index in [2.05, 4.69) is 21.3 Å². The van der Waals surface area contributed by atoms with Crippen LogP contribution in [0.1, 0.15) is 44.2 Å². The van der Waals surface area contributed by atoms with Crippen molar-refractivity contribution >= 4 is 35.6 Å². The van der Waals surface area contributed by atoms with Crippen LogP contribution in [0.3, 0.4) is 0 Å². The molecule has 0 heterocycles. The van der Waals surface area contributed by atoms with E-state index in [1.54, 1.807) is 60.7 Å². The molecule has 0 saturated heterocycles. The van der Waals surface area contributed by atoms with Gasteiger partial charge in [0.1, 0.15) is 24.2 Å². The lowest BCUT2D eigenvalue weighted by Gasteiger charge is -2.26. The van der Waals surface area contributed by atoms with E-state index < -0.39 is 66.2 Å². The quantitative estimate of drug-likeness (QED) is 0.124. The highest BCUT2D eigenvalue weighted by molar-refractivity contribution is 5.95. The van der Waals surface area contributed by atoms with Crippen molar-refractivity contribution in [3.63, 3.8) is 0 Å². The summed E-state index contributed by atoms with van der Waals surface area (Å²) in [6, 6.07) is 12.4. The van der Waals surface area contributed by atoms with Crippen LogP contribution < -0.4 is 27.0 Å². The second kappa shape index (κ2) is 18.0. The molecule has 13 nitrogen and oxygen atoms in total. The molecular formula is C31H41N5O8. The average Bonchev–Trinajstić information content (AvgIpc) is 2.98. The monoisotopic (exact) mass is 611 g/mol. The molecule has 238 valence electrons. The Labute approximate surface area is 256 Å². The molecule has 0 aromatic heterocycles. The maximum atomic E-state index is 13.6. The minimum atomic E-state index is -1.42. The summed E-state index contributed by atoms with van der Waals surface area (Å²) in [6.45, 7) is 3.38. The minimum absolute atomic E-state index is 0.00684. The summed E-state index contributed by atoms with van der Waals surface area (Å²) in [5.41, 5.74) is 6.74. The number of carbonyl (C=O) groups excluding carboxylic acids is 4. The van der Waals surface area contributed by atoms with Gasteiger partial charge in [0, 0.05) is 19.3 Å². The first-order valence-electron chi connectivity index (χ1n) is 14.3. The summed E-state index contributed by atoms with van der Waals surface area (Å²) in [5, 5.41) is 29.1. The van der Waals surface area contributed by atoms with Gasteiger partial charge in [0.05, 0.1) is 6.54 Å². The molecule has 0 aliphatic heterocycles. The Morgan fingerprint density at radius 3 is 1.59 bits per heavy atom. The Balaban J connectivity index is 2.30. The van der Waals surface area contributed by atoms with Crippen LogP contribution in [0.5, 0.6) is 0 Å². The topological polar surface area (TPSA) is 217 Å². The molecule has 0 aliphatic rings. The van der Waals surface area contributed by atoms with E-state index in [0.29, 0.717) is 11.1 Å². The van der Waals surface area contributed by atoms with Crippen LogP contribution in [0.15, 0.2) is 60.7 Å². The molecule has 2 rings (SSSR count). The van der Waals surface area contributed by atoms with Crippen LogP contribution in [0, 0.1) is 5.92 Å². The molecule has 2 aromatic carbocycles. The first kappa shape index (κ1) is 35.4. The molecule has 4 atom stereocenters. The smallest absolute Gasteiger partial charge is 0.326 e. The van der Waals surface area contributed by atoms with Crippen molar-refractivity contribution in [2.75, 3.05) is 6.54 Å². The SMILES string of the molecule is CC(C)C[C@H](NC(=O)CN)C(=O)N[C@@H](Cc1ccccc1)C(=O)N[C@@H](CCC(=O)O)C(=O)N[C@@H](Cc1ccccc1)C(=O)O. The summed E-state index contributed by atoms with van der Waals surface area (Å²) in [6.07, 6.45) is -0.597. The Kier molecular flexibility index (Phi) is 14.5. The zero-order valence-electron chi connectivity index (χ0n) is 24.8. The summed E-state index contributed by atoms with van der Waals surface area (Å²) in [7, 11) is 0. The third-order valence-electron chi connectivity index (χ3n) is 6.64. The molecule has 8 N–H and O–H groups in total. The Bertz CT molecular complexity index is 1270. The van der Waals surface area contributed by atoms with E-state index in [0.717, 1.165) is 0 Å². The van der Waals surface area contributed by atoms with Crippen molar-refractivity contribution in [3.05, 3.63) is 71.8 Å². The summed E-state index contributed by atoms with van der Waals surface area (Å²) >= 11 is 0. The first-order chi connectivity index (χ1) is 20.9. The average molecular weight is 612 g/mol. The second-order valence-corrected chi connectivity index (χ2v) is 10.8. The highest BCUT2D eigenvalue weighted by Crippen LogP contribution is 2.10. The van der Waals surface area contributed by atoms with Gasteiger partial charge in [0.25, 0.3) is 0 Å². The zero-order chi connectivity index (χ0) is 32.6. The predicted molar refractivity (Wildman–Crippen MR) is 161 cm³/mol. The fraction of sp³-hybridized carbons (Fsp3) is 0.419. The molecule has 2 aromatic rings. The van der Waals surface area contributed by atoms with Gasteiger partial charge in [-0.1, -0.05) is 74.5 Å². The maximum absolute atomic E-state index is 13.6. The van der Waals surface area contributed by atoms with Crippen molar-refractivity contribution in [2.24, 2.45) is 11.7 Å². The molecule has 0 bridgehead atoms. The van der Waals surface area contributed by atoms with E-state index in [-0.39, 0.29) is 38.1 Å². The molecule has 0 radical (unpaired) electrons. The highest BCUT2D eigenvalue weighted by atomic mass is 16.4. The number of hydrogen-bond acceptors (Lipinski definition) is 7. The maximum Gasteiger partial charge on any atom is 0.326 e. The number of carboxylic acid groups (broad SMARTS) is 2. The fourth-order valence-electron chi connectivity index (χ4n) is 4.42. The van der Waals surface area contributed by atoms with Crippen LogP contribution in [-0.4, -0.2) is 76.5 Å². The van der Waals surface area contributed by atoms with E-state index in [4.69, 9.17) is 5.73 Å². The van der Waals surface area contributed by atoms with Crippen molar-refractivity contribution in [1.82, 2.24) is 21.3 Å². The standard InChI is InChI=1S/C31H41N5O8/c1-19(2)15-23(33-26(37)18-32)29(41)35-24(16-20-9-5-3-6-10-20)30(42)34-22(13-14-27(38)39)28(40)36-25(31(43)44)17-21-11-7-4-8-12-21/h3-12,19,22-25H,13-18,32H2,1-2H3,(H,33,37)(H,34,42)(H,35,41)(H,36,40)(H,38,39)(H,43,44)/t22-,23-,24-,25-/m0/s1. The van der Waals surface area contributed by atoms with Gasteiger partial charge < -0.3 is 37.2 Å². The minimum Gasteiger partial charge on any atom is -0.481 e. The molecular weight excluding hydrogens is 570 g/mol. The highest BCUT2D eigenvalue weighted by Gasteiger charge is 2.32. The van der Waals surface area contributed by atoms with Crippen molar-refractivity contribution in [2.45, 2.75) is 70.1 Å². The number of aliphatic carboxylic acids is 2. The van der Waals surface area contributed by atoms with Gasteiger partial charge in [-0.15, -0.1) is 0 Å². The van der Waals surface area contributed by atoms with E-state index in [9.17, 15) is 39.0 Å². The third-order valence-corrected chi connectivity index (χ3v) is 6.64. The van der Waals surface area contributed by atoms with Crippen LogP contribution in [0.4, 0.5) is 0 Å². The summed E-state index contributed by atoms with van der Waals surface area (Å²) in [4.78, 5) is 75.4. The van der Waals surface area contributed by atoms with Crippen LogP contribution in [0.2, 0.25) is 0 Å². The first-order valence-corrected chi connectivity index (χ1v) is 14.3. The summed E-state index contributed by atoms with van der Waals surface area (Å²) in [5.74, 6) is -5.40. The van der Waals surface area contributed by atoms with Crippen LogP contribution in [0.25, 0.3) is 0 Å². The molecule has 0 aliphatic carbocycles. The van der Waals surface area contributed by atoms with Gasteiger partial charge in [0.2, 0.25) is 23.6 Å². The van der Waals surface area contributed by atoms with E-state index in [1.165, 1.54) is 0 Å². The van der Waals surface area contributed by atoms with E-state index in [1.807, 2.05) is 13.8 Å². The number of rotatable bonds is 18. The number of amides is 4. The number of nitrogens with two attached hydrogens (primary N) is 1. The number of carboxylic acids is 2. The van der Waals surface area contributed by atoms with Gasteiger partial charge in [-0.3, -0.25) is 24.0 Å². The third kappa shape index (κ3) is 12.6. The van der Waals surface area contributed by atoms with Crippen LogP contribution in [-0.2, 0) is 41.6 Å². The Morgan fingerprint density at radius 1 is 0.659 bits per heavy atom. The Hall–Kier alpha value is -4.78. The number of carbonyl (C=O) groups is 6. The van der Waals surface area contributed by atoms with Crippen LogP contribution >= 0.6 is 0 Å². The zero-order valence-corrected chi connectivity index (χ0v) is 24.8. The van der Waals surface area contributed by atoms with Gasteiger partial charge in [-0.25, -0.2) is 4.79 Å². The number of benzene rings is 2. The molecule has 13 heteroatoms. The second-order valence-electron chi connectivity index (χ2n) is 10.8. The molecule has 4 amide bonds. The Morgan fingerprint density at radius 2 is 1.11 bits per heavy atom. The normalized spacial score (nSPS) is 13.5. The lowest BCUT2D eigenvalue weighted by Crippen LogP contribution is -2.58. The van der Waals surface area contributed by atoms with Crippen molar-refractivity contribution < 1.29 is 39.0 Å². The largest absolute Gasteiger partial charge is 0.481 e. The van der Waals surface area contributed by atoms with Gasteiger partial charge in [-0.2, -0.15) is 0 Å². The van der Waals surface area contributed by atoms with Gasteiger partial charge >= 0.3 is 11.9 Å². The van der Waals surface area contributed by atoms with E-state index >= 15 is 0 Å². The fourth-order valence-corrected chi connectivity index (χ4v) is 4.42. The molecule has 0 spiro atoms. The molecule has 0 unspecified atom stereocenters. The lowest BCUT2D eigenvalue weighted by atomic mass is 10.0. The molecule has 0 saturated carbocycles. The molecule has 0 fully saturated rings. The van der Waals surface area contributed by atoms with Gasteiger partial charge in [-0.05, 0) is 29.9 Å². The van der Waals surface area contributed by atoms with Crippen molar-refractivity contribution in [3.8, 4) is 0 Å². The molecule has 44 heavy (non-hydrogen) atoms. The number of hydrogen-bond donors (Lipinski definition) is 7. The lowest BCUT2D eigenvalue weighted by molar-refractivity contribution is -0.143. The van der Waals surface area contributed by atoms with Crippen molar-refractivity contribution in [1.29, 1.82) is 0 Å². The summed E-state index contributed by atoms with van der Waals surface area (Å²) < 4.78 is 0. The predicted octanol–water partition coefficient (Wildman–Crippen LogP) is 0.365. The number of nitrogens with one attached hydrogen (secondary N) is 4. The van der Waals surface area contributed by atoms with Gasteiger partial charge in [0.15, 0.2) is 0 Å².